The minimum absolute atomic E-state index is 0. The number of likely N-dealkylation sites (N-methyl/N-ethyl adjacent to an activating group) is 1. The second-order valence-corrected chi connectivity index (χ2v) is 30.5. The van der Waals surface area contributed by atoms with Gasteiger partial charge < -0.3 is 44.4 Å². The van der Waals surface area contributed by atoms with Crippen LogP contribution in [0.25, 0.3) is 33.1 Å². The van der Waals surface area contributed by atoms with Gasteiger partial charge in [0.25, 0.3) is 0 Å². The lowest BCUT2D eigenvalue weighted by molar-refractivity contribution is -0.137. The second-order valence-electron chi connectivity index (χ2n) is 30.5. The van der Waals surface area contributed by atoms with E-state index in [0.29, 0.717) is 56.7 Å². The quantitative estimate of drug-likeness (QED) is 0.0454. The van der Waals surface area contributed by atoms with Crippen molar-refractivity contribution in [1.82, 2.24) is 73.6 Å². The summed E-state index contributed by atoms with van der Waals surface area (Å²) in [6.45, 7) is 21.9. The van der Waals surface area contributed by atoms with Crippen LogP contribution in [0.3, 0.4) is 0 Å². The number of benzene rings is 3. The average Bonchev–Trinajstić information content (AvgIpc) is 1.62. The molecule has 107 heavy (non-hydrogen) atoms. The molecule has 6 aliphatic rings. The number of aryl methyl sites for hydroxylation is 3. The van der Waals surface area contributed by atoms with E-state index in [1.807, 2.05) is 85.0 Å². The van der Waals surface area contributed by atoms with Gasteiger partial charge in [-0.2, -0.15) is 0 Å². The molecule has 0 bridgehead atoms. The summed E-state index contributed by atoms with van der Waals surface area (Å²) in [6.07, 6.45) is 9.36. The molecule has 0 aliphatic carbocycles. The number of hydrogen-bond acceptors (Lipinski definition) is 18. The highest BCUT2D eigenvalue weighted by Crippen LogP contribution is 2.38. The first-order valence-electron chi connectivity index (χ1n) is 37.2. The number of methoxy groups -OCH3 is 1. The fourth-order valence-corrected chi connectivity index (χ4v) is 15.3. The zero-order valence-electron chi connectivity index (χ0n) is 64.5. The van der Waals surface area contributed by atoms with Crippen molar-refractivity contribution >= 4 is 106 Å². The molecule has 5 N–H and O–H groups in total. The van der Waals surface area contributed by atoms with Crippen LogP contribution in [0.2, 0.25) is 0 Å². The monoisotopic (exact) mass is 1530 g/mol. The van der Waals surface area contributed by atoms with Gasteiger partial charge in [-0.1, -0.05) is 36.4 Å². The van der Waals surface area contributed by atoms with Crippen LogP contribution in [0.4, 0.5) is 9.59 Å². The smallest absolute Gasteiger partial charge is 0.410 e. The van der Waals surface area contributed by atoms with Gasteiger partial charge in [0.15, 0.2) is 0 Å². The number of rotatable bonds is 17. The first-order chi connectivity index (χ1) is 49.9. The first kappa shape index (κ1) is 86.1. The third kappa shape index (κ3) is 21.2. The molecule has 12 rings (SSSR count). The van der Waals surface area contributed by atoms with Crippen LogP contribution in [-0.4, -0.2) is 213 Å². The number of hydrogen-bond donors (Lipinski definition) is 5. The summed E-state index contributed by atoms with van der Waals surface area (Å²) in [5.41, 5.74) is 6.92. The number of carbonyl (C=O) groups is 8. The van der Waals surface area contributed by atoms with E-state index < -0.39 is 41.1 Å². The molecule has 6 fully saturated rings. The molecular weight excluding hydrogens is 1420 g/mol. The van der Waals surface area contributed by atoms with Crippen molar-refractivity contribution in [2.24, 2.45) is 21.1 Å². The standard InChI is InChI=1S/C27H39N5O5.C22H31N5O3.C18H22N4O3.C9H19NO3.2ClH/c1-27(2,3)37-26(36)29(4)14-7-15-31-16-12-18(13-17-31)19-8-6-9-20-23(19)30(5)25(35)32(20)21-10-11-22(33)28-24(21)34;1-23-11-4-12-26-13-9-15(10-14-26)16-5-3-6-17-20(16)25(2)22(30)27(17)18-7-8-19(28)24-21(18)29;1-21-16-12(11-7-9-19-10-8-11)3-2-4-13(16)22(18(21)25)14-5-6-15(23)20-17(14)24;1-9(2,3)13-8(11)10(4)6-7-12-5;;/h6,8-9,18,21H,7,10-17H2,1-5H3,(H,28,33,34);3,5-6,15,18,23H,4,7-14H2,1-2H3,(H,24,28,29);2-4,11,14,19H,5-10H2,1H3,(H,20,23,24);6-7H2,1-5H3;2*1H. The molecule has 8 amide bonds. The van der Waals surface area contributed by atoms with Crippen LogP contribution in [0, 0.1) is 0 Å². The second kappa shape index (κ2) is 38.2. The van der Waals surface area contributed by atoms with E-state index in [4.69, 9.17) is 14.2 Å². The number of carbonyl (C=O) groups excluding carboxylic acids is 8. The summed E-state index contributed by atoms with van der Waals surface area (Å²) >= 11 is 0. The van der Waals surface area contributed by atoms with Crippen LogP contribution in [-0.2, 0) is 64.1 Å². The number of likely N-dealkylation sites (tertiary alicyclic amines) is 2. The minimum Gasteiger partial charge on any atom is -0.444 e. The predicted molar refractivity (Wildman–Crippen MR) is 415 cm³/mol. The Morgan fingerprint density at radius 1 is 0.486 bits per heavy atom. The van der Waals surface area contributed by atoms with E-state index in [2.05, 4.69) is 54.6 Å². The SMILES string of the molecule is CN(CCCN1CCC(c2cccc3c2n(C)c(=O)n3C2CCC(=O)NC2=O)CC1)C(=O)OC(C)(C)C.CNCCCN1CCC(c2cccc3c2n(C)c(=O)n3C2CCC(=O)NC2=O)CC1.COCCN(C)C(=O)OC(C)(C)C.Cl.Cl.Cn1c(=O)n(C2CCC(=O)NC2=O)c2cccc(C3CCNCC3)c21. The number of halogens is 2. The van der Waals surface area contributed by atoms with Crippen molar-refractivity contribution in [2.75, 3.05) is 107 Å². The first-order valence-corrected chi connectivity index (χ1v) is 37.2. The van der Waals surface area contributed by atoms with E-state index >= 15 is 0 Å². The van der Waals surface area contributed by atoms with Crippen LogP contribution in [0.15, 0.2) is 69.0 Å². The molecule has 6 aromatic rings. The van der Waals surface area contributed by atoms with E-state index in [-0.39, 0.29) is 97.0 Å². The number of piperidine rings is 6. The Balaban J connectivity index is 0.000000208. The number of aromatic nitrogens is 6. The summed E-state index contributed by atoms with van der Waals surface area (Å²) < 4.78 is 25.0. The molecule has 31 heteroatoms. The number of nitrogens with zero attached hydrogens (tertiary/aromatic N) is 10. The zero-order chi connectivity index (χ0) is 76.2. The van der Waals surface area contributed by atoms with Gasteiger partial charge >= 0.3 is 29.3 Å². The number of nitrogens with one attached hydrogen (secondary N) is 5. The molecule has 6 saturated heterocycles. The van der Waals surface area contributed by atoms with E-state index in [1.54, 1.807) is 74.7 Å². The van der Waals surface area contributed by atoms with Crippen LogP contribution in [0.5, 0.6) is 0 Å². The van der Waals surface area contributed by atoms with Crippen molar-refractivity contribution in [1.29, 1.82) is 0 Å². The molecule has 9 heterocycles. The maximum absolute atomic E-state index is 13.2. The van der Waals surface area contributed by atoms with Crippen LogP contribution < -0.4 is 43.7 Å². The summed E-state index contributed by atoms with van der Waals surface area (Å²) in [5, 5.41) is 13.7. The van der Waals surface area contributed by atoms with Gasteiger partial charge in [-0.25, -0.2) is 24.0 Å². The van der Waals surface area contributed by atoms with Crippen molar-refractivity contribution in [3.63, 3.8) is 0 Å². The van der Waals surface area contributed by atoms with Crippen molar-refractivity contribution in [3.05, 3.63) is 103 Å². The lowest BCUT2D eigenvalue weighted by Gasteiger charge is -2.33. The molecule has 0 radical (unpaired) electrons. The highest BCUT2D eigenvalue weighted by molar-refractivity contribution is 6.02. The highest BCUT2D eigenvalue weighted by Gasteiger charge is 2.37. The molecule has 590 valence electrons. The fourth-order valence-electron chi connectivity index (χ4n) is 15.3. The number of para-hydroxylation sites is 3. The maximum atomic E-state index is 13.2. The number of amides is 8. The molecule has 3 unspecified atom stereocenters. The lowest BCUT2D eigenvalue weighted by atomic mass is 9.88. The topological polar surface area (TPSA) is 318 Å². The summed E-state index contributed by atoms with van der Waals surface area (Å²) in [4.78, 5) is 143. The Morgan fingerprint density at radius 3 is 1.13 bits per heavy atom. The van der Waals surface area contributed by atoms with Gasteiger partial charge in [-0.05, 0) is 231 Å². The van der Waals surface area contributed by atoms with Crippen molar-refractivity contribution in [3.8, 4) is 0 Å². The fraction of sp³-hybridized carbons (Fsp3) is 0.618. The molecule has 6 aliphatic heterocycles. The Kier molecular flexibility index (Phi) is 30.8. The molecule has 0 saturated carbocycles. The molecular formula is C76H113Cl2N15O14. The van der Waals surface area contributed by atoms with Crippen LogP contribution in [0.1, 0.15) is 184 Å². The van der Waals surface area contributed by atoms with Gasteiger partial charge in [0, 0.05) is 74.7 Å². The van der Waals surface area contributed by atoms with E-state index in [1.165, 1.54) is 16.0 Å². The molecule has 29 nitrogen and oxygen atoms in total. The molecule has 0 spiro atoms. The number of imidazole rings is 3. The van der Waals surface area contributed by atoms with Gasteiger partial charge in [-0.3, -0.25) is 72.1 Å². The van der Waals surface area contributed by atoms with Gasteiger partial charge in [-0.15, -0.1) is 24.8 Å². The zero-order valence-corrected chi connectivity index (χ0v) is 66.2. The van der Waals surface area contributed by atoms with E-state index in [9.17, 15) is 52.7 Å². The maximum Gasteiger partial charge on any atom is 0.410 e. The Morgan fingerprint density at radius 2 is 0.813 bits per heavy atom. The average molecular weight is 1530 g/mol. The Labute approximate surface area is 637 Å². The molecule has 3 aromatic heterocycles. The number of fused-ring (bicyclic) bond motifs is 3. The lowest BCUT2D eigenvalue weighted by Crippen LogP contribution is -2.44. The molecule has 3 aromatic carbocycles. The minimum atomic E-state index is -0.676. The number of imide groups is 3. The summed E-state index contributed by atoms with van der Waals surface area (Å²) in [5.74, 6) is -0.908. The normalized spacial score (nSPS) is 19.4. The largest absolute Gasteiger partial charge is 0.444 e. The van der Waals surface area contributed by atoms with Crippen LogP contribution >= 0.6 is 24.8 Å². The Bertz CT molecular complexity index is 4310. The van der Waals surface area contributed by atoms with Crippen molar-refractivity contribution in [2.45, 2.75) is 179 Å². The summed E-state index contributed by atoms with van der Waals surface area (Å²) in [6, 6.07) is 16.0. The highest BCUT2D eigenvalue weighted by atomic mass is 35.5. The third-order valence-corrected chi connectivity index (χ3v) is 20.7. The summed E-state index contributed by atoms with van der Waals surface area (Å²) in [7, 11) is 12.3. The predicted octanol–water partition coefficient (Wildman–Crippen LogP) is 6.99. The van der Waals surface area contributed by atoms with E-state index in [0.717, 1.165) is 149 Å². The number of ether oxygens (including phenoxy) is 3. The van der Waals surface area contributed by atoms with Crippen molar-refractivity contribution < 1.29 is 52.6 Å². The van der Waals surface area contributed by atoms with Gasteiger partial charge in [0.2, 0.25) is 35.4 Å². The Hall–Kier alpha value is -8.19. The van der Waals surface area contributed by atoms with Gasteiger partial charge in [0.05, 0.1) is 39.7 Å². The third-order valence-electron chi connectivity index (χ3n) is 20.7. The van der Waals surface area contributed by atoms with Gasteiger partial charge in [0.1, 0.15) is 29.3 Å². The molecule has 3 atom stereocenters.